The van der Waals surface area contributed by atoms with Crippen molar-refractivity contribution in [1.29, 1.82) is 0 Å². The summed E-state index contributed by atoms with van der Waals surface area (Å²) in [7, 11) is 21.3. The number of aryl methyl sites for hydroxylation is 7. The second kappa shape index (κ2) is 55.2. The van der Waals surface area contributed by atoms with Gasteiger partial charge in [0.25, 0.3) is 0 Å². The molecule has 10 aromatic rings. The van der Waals surface area contributed by atoms with E-state index in [1.807, 2.05) is 66.7 Å². The van der Waals surface area contributed by atoms with E-state index < -0.39 is 68.5 Å². The maximum Gasteiger partial charge on any atom is 0.490 e. The topological polar surface area (TPSA) is 654 Å². The highest BCUT2D eigenvalue weighted by Crippen LogP contribution is 2.42. The van der Waals surface area contributed by atoms with Crippen molar-refractivity contribution >= 4 is 130 Å². The molecule has 766 valence electrons. The number of carbonyl (C=O) groups is 11. The number of nitro groups is 3. The van der Waals surface area contributed by atoms with Gasteiger partial charge in [-0.3, -0.25) is 37.8 Å². The van der Waals surface area contributed by atoms with Gasteiger partial charge in [-0.1, -0.05) is 90.4 Å². The zero-order chi connectivity index (χ0) is 105. The first-order valence-electron chi connectivity index (χ1n) is 42.6. The number of hydrogen-bond acceptors (Lipinski definition) is 39. The molecule has 0 bridgehead atoms. The van der Waals surface area contributed by atoms with Crippen molar-refractivity contribution in [3.05, 3.63) is 229 Å². The van der Waals surface area contributed by atoms with Crippen molar-refractivity contribution < 1.29 is 129 Å². The van der Waals surface area contributed by atoms with Crippen molar-refractivity contribution in [3.8, 4) is 0 Å². The van der Waals surface area contributed by atoms with Crippen LogP contribution in [0.1, 0.15) is 212 Å². The van der Waals surface area contributed by atoms with Crippen LogP contribution in [0.15, 0.2) is 127 Å². The van der Waals surface area contributed by atoms with Gasteiger partial charge >= 0.3 is 90.2 Å². The minimum Gasteiger partial charge on any atom is -0.481 e. The molecule has 2 atom stereocenters. The van der Waals surface area contributed by atoms with E-state index in [0.717, 1.165) is 103 Å². The number of rotatable bonds is 21. The molecule has 0 radical (unpaired) electrons. The zero-order valence-corrected chi connectivity index (χ0v) is 82.9. The first kappa shape index (κ1) is 117. The molecule has 8 aromatic heterocycles. The molecule has 14 rings (SSSR count). The number of methoxy groups -OCH3 is 8. The van der Waals surface area contributed by atoms with Crippen LogP contribution >= 0.6 is 22.6 Å². The van der Waals surface area contributed by atoms with Crippen LogP contribution in [0.4, 0.5) is 29.1 Å². The lowest BCUT2D eigenvalue weighted by molar-refractivity contribution is -0.392. The van der Waals surface area contributed by atoms with Gasteiger partial charge in [0.15, 0.2) is 39.9 Å². The number of nitrogens with one attached hydrogen (secondary N) is 1. The molecular weight excluding hydrogens is 1980 g/mol. The number of halogens is 1. The van der Waals surface area contributed by atoms with Gasteiger partial charge in [0.05, 0.1) is 126 Å². The smallest absolute Gasteiger partial charge is 0.481 e. The Morgan fingerprint density at radius 1 is 0.465 bits per heavy atom. The number of nitrogens with zero attached hydrogens (tertiary/aromatic N) is 18. The summed E-state index contributed by atoms with van der Waals surface area (Å²) in [6, 6.07) is 30.6. The predicted molar refractivity (Wildman–Crippen MR) is 512 cm³/mol. The number of carboxylic acid groups (broad SMARTS) is 1. The van der Waals surface area contributed by atoms with E-state index in [2.05, 4.69) is 135 Å². The number of esters is 10. The van der Waals surface area contributed by atoms with Crippen LogP contribution in [0.3, 0.4) is 0 Å². The minimum absolute atomic E-state index is 0. The number of anilines is 2. The second-order valence-electron chi connectivity index (χ2n) is 31.7. The third-order valence-corrected chi connectivity index (χ3v) is 22.8. The fourth-order valence-electron chi connectivity index (χ4n) is 13.3. The minimum atomic E-state index is -0.710. The summed E-state index contributed by atoms with van der Waals surface area (Å²) in [5, 5.41) is 72.0. The number of benzene rings is 2. The van der Waals surface area contributed by atoms with Crippen LogP contribution in [0, 0.1) is 51.8 Å². The van der Waals surface area contributed by atoms with Crippen LogP contribution < -0.4 is 11.5 Å². The van der Waals surface area contributed by atoms with E-state index in [1.165, 1.54) is 92.5 Å². The van der Waals surface area contributed by atoms with Crippen LogP contribution in [0.2, 0.25) is 0 Å². The fraction of sp³-hybridized carbons (Fsp3) is 0.427. The summed E-state index contributed by atoms with van der Waals surface area (Å²) in [4.78, 5) is 152. The van der Waals surface area contributed by atoms with Crippen molar-refractivity contribution in [3.63, 3.8) is 0 Å². The SMILES string of the molecule is C.CC1(C)OB(C2=CCC(C(=O)OCc3ccccc3)CC2)OC1(C)C.COC(=O)c1cc(C2=CCC(C(=O)OCc3ccccc3)CC2)n(C)n1.COC(=O)c1cc(C2CCC(C(=O)O)CC2)n(C)n1.COC(=O)c1cc(I)n(C)n1.COC(=O)c1cc(N)n(C)n1.COC(=O)c1cc(N)nn1C.COC(=O)c1cc([N+](=O)[O-])[nH]n1.COC(=O)c1cc([N+](=O)[O-])n(C)n1.COC(=O)c1cc([N+](=O)[O-])nn1C. The van der Waals surface area contributed by atoms with E-state index >= 15 is 0 Å². The number of aromatic amines is 1. The van der Waals surface area contributed by atoms with Crippen LogP contribution in [0.5, 0.6) is 0 Å². The monoisotopic (exact) mass is 2100 g/mol. The van der Waals surface area contributed by atoms with Gasteiger partial charge < -0.3 is 104 Å². The summed E-state index contributed by atoms with van der Waals surface area (Å²) in [5.41, 5.74) is 17.6. The molecule has 51 nitrogen and oxygen atoms in total. The molecule has 1 aliphatic heterocycles. The highest BCUT2D eigenvalue weighted by Gasteiger charge is 2.53. The molecule has 2 aromatic carbocycles. The molecule has 4 aliphatic rings. The Morgan fingerprint density at radius 3 is 1.27 bits per heavy atom. The highest BCUT2D eigenvalue weighted by atomic mass is 127. The molecule has 9 heterocycles. The molecule has 3 aliphatic carbocycles. The Labute approximate surface area is 827 Å². The Hall–Kier alpha value is -15.7. The van der Waals surface area contributed by atoms with Crippen LogP contribution in [-0.4, -0.2) is 239 Å². The first-order chi connectivity index (χ1) is 66.6. The summed E-state index contributed by atoms with van der Waals surface area (Å²) in [6.45, 7) is 8.86. The van der Waals surface area contributed by atoms with E-state index in [0.29, 0.717) is 67.6 Å². The number of carboxylic acids is 1. The average Bonchev–Trinajstić information content (AvgIpc) is 1.62. The van der Waals surface area contributed by atoms with Crippen LogP contribution in [0.25, 0.3) is 5.57 Å². The molecule has 1 saturated carbocycles. The third-order valence-electron chi connectivity index (χ3n) is 21.8. The second-order valence-corrected chi connectivity index (χ2v) is 32.8. The lowest BCUT2D eigenvalue weighted by atomic mass is 9.70. The fourth-order valence-corrected chi connectivity index (χ4v) is 13.7. The molecule has 1 saturated heterocycles. The molecular formula is C89H115BIN21O30. The van der Waals surface area contributed by atoms with Crippen molar-refractivity contribution in [2.24, 2.45) is 67.1 Å². The molecule has 0 amide bonds. The largest absolute Gasteiger partial charge is 0.490 e. The molecule has 0 spiro atoms. The summed E-state index contributed by atoms with van der Waals surface area (Å²) >= 11 is 2.09. The number of allylic oxidation sites excluding steroid dienone is 4. The number of aromatic nitrogens is 16. The quantitative estimate of drug-likeness (QED) is 0.0130. The van der Waals surface area contributed by atoms with Gasteiger partial charge in [0, 0.05) is 65.0 Å². The highest BCUT2D eigenvalue weighted by molar-refractivity contribution is 14.1. The standard InChI is InChI=1S/C20H27BO4.C20H22N2O4.C13H18N2O4.C6H7IN2O2.2C6H7N3O4.2C6H9N3O2.C5H5N3O4.CH4/c1-19(2)20(3,4)25-21(24-19)17-12-10-16(11-13-17)18(22)23-14-15-8-6-5-7-9-15;1-22-18(12-17(21-22)20(24)25-2)15-8-10-16(11-9-15)19(23)26-13-14-6-4-3-5-7-14;1-15-11(7-10(14-15)13(18)19-2)8-3-5-9(6-4-8)12(16)17;1-9-5(7)3-4(8-9)6(10)11-2;1-8-4(6(10)13-2)3-5(7-8)9(11)12;1-8-5(9(11)12)3-4(7-8)6(10)13-2;1-9-4(6(10)11-2)3-5(7)8-9;1-9-5(7)3-4(8-9)6(10)11-2;1-12-5(9)3-2-4(7-6-3)8(10)11;/h5-9,12,16H,10-11,13-14H2,1-4H3;3-8,12,16H,9-11,13H2,1-2H3;7-9H,3-6H2,1-2H3,(H,16,17);3H,1-2H3;2*3H,1-2H3;3H,1-2H3,(H2,7,8);3H,7H2,1-2H3;2H,1H3,(H,6,7);1H4. The molecule has 2 unspecified atom stereocenters. The van der Waals surface area contributed by atoms with Crippen molar-refractivity contribution in [2.45, 2.75) is 130 Å². The Balaban J connectivity index is 0.000000287. The van der Waals surface area contributed by atoms with Gasteiger partial charge in [-0.15, -0.1) is 9.78 Å². The third kappa shape index (κ3) is 33.8. The van der Waals surface area contributed by atoms with E-state index in [-0.39, 0.29) is 107 Å². The van der Waals surface area contributed by atoms with Gasteiger partial charge in [-0.05, 0) is 164 Å². The Bertz CT molecular complexity index is 5980. The zero-order valence-electron chi connectivity index (χ0n) is 80.8. The van der Waals surface area contributed by atoms with E-state index in [9.17, 15) is 83.1 Å². The Morgan fingerprint density at radius 2 is 0.887 bits per heavy atom. The predicted octanol–water partition coefficient (Wildman–Crippen LogP) is 10.1. The number of ether oxygens (including phenoxy) is 10. The summed E-state index contributed by atoms with van der Waals surface area (Å²) < 4.78 is 69.6. The molecule has 142 heavy (non-hydrogen) atoms. The van der Waals surface area contributed by atoms with Gasteiger partial charge in [0.2, 0.25) is 0 Å². The molecule has 2 fully saturated rings. The molecule has 6 N–H and O–H groups in total. The van der Waals surface area contributed by atoms with Crippen molar-refractivity contribution in [1.82, 2.24) is 78.7 Å². The van der Waals surface area contributed by atoms with Gasteiger partial charge in [0.1, 0.15) is 37.6 Å². The van der Waals surface area contributed by atoms with Crippen molar-refractivity contribution in [2.75, 3.05) is 68.3 Å². The number of hydrogen-bond donors (Lipinski definition) is 4. The maximum absolute atomic E-state index is 12.3. The van der Waals surface area contributed by atoms with Gasteiger partial charge in [-0.25, -0.2) is 38.4 Å². The van der Waals surface area contributed by atoms with Gasteiger partial charge in [-0.2, -0.15) is 30.2 Å². The number of carbonyl (C=O) groups excluding carboxylic acids is 10. The lowest BCUT2D eigenvalue weighted by Crippen LogP contribution is -2.41. The molecule has 53 heteroatoms. The number of nitrogens with two attached hydrogens (primary N) is 2. The maximum atomic E-state index is 12.3. The number of aliphatic carboxylic acids is 1. The van der Waals surface area contributed by atoms with E-state index in [1.54, 1.807) is 67.5 Å². The Kier molecular flexibility index (Phi) is 45.4. The summed E-state index contributed by atoms with van der Waals surface area (Å²) in [5.74, 6) is -5.62. The number of H-pyrrole nitrogens is 1. The van der Waals surface area contributed by atoms with E-state index in [4.69, 9.17) is 40.1 Å². The summed E-state index contributed by atoms with van der Waals surface area (Å²) in [6.07, 6.45) is 11.5. The first-order valence-corrected chi connectivity index (χ1v) is 43.7. The lowest BCUT2D eigenvalue weighted by Gasteiger charge is -2.32. The van der Waals surface area contributed by atoms with Crippen LogP contribution in [-0.2, 0) is 134 Å². The average molecular weight is 2100 g/mol. The number of nitrogen functional groups attached to an aromatic ring is 2. The normalized spacial score (nSPS) is 15.3.